The van der Waals surface area contributed by atoms with Crippen molar-refractivity contribution in [1.29, 1.82) is 0 Å². The minimum Gasteiger partial charge on any atom is -0.316 e. The molecule has 2 saturated heterocycles. The van der Waals surface area contributed by atoms with Crippen LogP contribution in [0.3, 0.4) is 0 Å². The minimum absolute atomic E-state index is 0. The van der Waals surface area contributed by atoms with Gasteiger partial charge >= 0.3 is 0 Å². The van der Waals surface area contributed by atoms with Gasteiger partial charge in [-0.25, -0.2) is 8.42 Å². The van der Waals surface area contributed by atoms with Gasteiger partial charge in [-0.2, -0.15) is 4.31 Å². The molecule has 2 aliphatic heterocycles. The second-order valence-corrected chi connectivity index (χ2v) is 8.28. The first-order chi connectivity index (χ1) is 8.98. The van der Waals surface area contributed by atoms with E-state index in [-0.39, 0.29) is 17.3 Å². The van der Waals surface area contributed by atoms with Gasteiger partial charge in [-0.05, 0) is 59.1 Å². The van der Waals surface area contributed by atoms with E-state index in [2.05, 4.69) is 21.2 Å². The Morgan fingerprint density at radius 3 is 2.40 bits per heavy atom. The summed E-state index contributed by atoms with van der Waals surface area (Å²) in [6.45, 7) is 3.04. The lowest BCUT2D eigenvalue weighted by Gasteiger charge is -2.17. The van der Waals surface area contributed by atoms with E-state index < -0.39 is 10.0 Å². The smallest absolute Gasteiger partial charge is 0.243 e. The first-order valence-corrected chi connectivity index (χ1v) is 8.75. The van der Waals surface area contributed by atoms with Crippen molar-refractivity contribution in [2.24, 2.45) is 11.8 Å². The molecule has 20 heavy (non-hydrogen) atoms. The van der Waals surface area contributed by atoms with Crippen molar-refractivity contribution in [2.45, 2.75) is 4.90 Å². The fourth-order valence-electron chi connectivity index (χ4n) is 2.79. The molecule has 2 atom stereocenters. The van der Waals surface area contributed by atoms with Crippen LogP contribution in [0, 0.1) is 11.8 Å². The summed E-state index contributed by atoms with van der Waals surface area (Å²) in [6.07, 6.45) is 0. The third-order valence-electron chi connectivity index (χ3n) is 3.88. The maximum absolute atomic E-state index is 12.6. The number of halogens is 3. The first-order valence-electron chi connectivity index (χ1n) is 6.14. The summed E-state index contributed by atoms with van der Waals surface area (Å²) in [7, 11) is -3.42. The van der Waals surface area contributed by atoms with Crippen molar-refractivity contribution in [3.8, 4) is 0 Å². The molecule has 0 aromatic heterocycles. The van der Waals surface area contributed by atoms with E-state index in [1.165, 1.54) is 6.07 Å². The lowest BCUT2D eigenvalue weighted by molar-refractivity contribution is 0.448. The van der Waals surface area contributed by atoms with Crippen LogP contribution in [-0.2, 0) is 10.0 Å². The fourth-order valence-corrected chi connectivity index (χ4v) is 4.87. The van der Waals surface area contributed by atoms with E-state index in [0.717, 1.165) is 13.1 Å². The van der Waals surface area contributed by atoms with Crippen LogP contribution in [-0.4, -0.2) is 38.9 Å². The molecule has 3 rings (SSSR count). The summed E-state index contributed by atoms with van der Waals surface area (Å²) >= 11 is 9.25. The molecule has 2 heterocycles. The van der Waals surface area contributed by atoms with E-state index in [1.807, 2.05) is 0 Å². The highest BCUT2D eigenvalue weighted by molar-refractivity contribution is 9.10. The largest absolute Gasteiger partial charge is 0.316 e. The molecule has 0 spiro atoms. The SMILES string of the molecule is Cl.O=S(=O)(c1ccc(Br)c(Cl)c1)N1C[C@H]2CNC[C@H]2C1. The van der Waals surface area contributed by atoms with Gasteiger partial charge in [-0.15, -0.1) is 12.4 Å². The molecule has 1 N–H and O–H groups in total. The molecule has 0 radical (unpaired) electrons. The number of hydrogen-bond acceptors (Lipinski definition) is 3. The molecule has 0 bridgehead atoms. The fraction of sp³-hybridized carbons (Fsp3) is 0.500. The molecule has 112 valence electrons. The standard InChI is InChI=1S/C12H14BrClN2O2S.ClH/c13-11-2-1-10(3-12(11)14)19(17,18)16-6-8-4-15-5-9(8)7-16;/h1-3,8-9,15H,4-7H2;1H/t8-,9+;. The lowest BCUT2D eigenvalue weighted by Crippen LogP contribution is -2.31. The highest BCUT2D eigenvalue weighted by atomic mass is 79.9. The molecule has 8 heteroatoms. The van der Waals surface area contributed by atoms with Gasteiger partial charge in [-0.3, -0.25) is 0 Å². The van der Waals surface area contributed by atoms with Crippen LogP contribution in [0.4, 0.5) is 0 Å². The Kier molecular flexibility index (Phi) is 5.04. The Hall–Kier alpha value is 0.150. The van der Waals surface area contributed by atoms with Crippen LogP contribution in [0.1, 0.15) is 0 Å². The van der Waals surface area contributed by atoms with E-state index in [4.69, 9.17) is 11.6 Å². The van der Waals surface area contributed by atoms with Crippen molar-refractivity contribution < 1.29 is 8.42 Å². The van der Waals surface area contributed by atoms with Crippen molar-refractivity contribution in [2.75, 3.05) is 26.2 Å². The first kappa shape index (κ1) is 16.5. The zero-order valence-corrected chi connectivity index (χ0v) is 14.5. The molecule has 1 aromatic rings. The number of hydrogen-bond donors (Lipinski definition) is 1. The zero-order valence-electron chi connectivity index (χ0n) is 10.6. The molecule has 0 amide bonds. The predicted octanol–water partition coefficient (Wildman–Crippen LogP) is 2.36. The highest BCUT2D eigenvalue weighted by Gasteiger charge is 2.41. The lowest BCUT2D eigenvalue weighted by atomic mass is 10.0. The minimum atomic E-state index is -3.42. The molecule has 2 aliphatic rings. The van der Waals surface area contributed by atoms with Crippen molar-refractivity contribution >= 4 is 50.0 Å². The molecule has 2 fully saturated rings. The van der Waals surface area contributed by atoms with Gasteiger partial charge in [0.1, 0.15) is 0 Å². The van der Waals surface area contributed by atoms with Crippen LogP contribution in [0.25, 0.3) is 0 Å². The molecule has 0 unspecified atom stereocenters. The van der Waals surface area contributed by atoms with Crippen LogP contribution in [0.5, 0.6) is 0 Å². The normalized spacial score (nSPS) is 26.3. The molecule has 0 saturated carbocycles. The van der Waals surface area contributed by atoms with Gasteiger partial charge < -0.3 is 5.32 Å². The number of nitrogens with one attached hydrogen (secondary N) is 1. The van der Waals surface area contributed by atoms with E-state index in [1.54, 1.807) is 16.4 Å². The number of nitrogens with zero attached hydrogens (tertiary/aromatic N) is 1. The van der Waals surface area contributed by atoms with E-state index in [9.17, 15) is 8.42 Å². The van der Waals surface area contributed by atoms with Crippen LogP contribution in [0.2, 0.25) is 5.02 Å². The average Bonchev–Trinajstić information content (AvgIpc) is 2.93. The van der Waals surface area contributed by atoms with Gasteiger partial charge in [0.25, 0.3) is 0 Å². The second kappa shape index (κ2) is 6.10. The third kappa shape index (κ3) is 2.87. The summed E-state index contributed by atoms with van der Waals surface area (Å²) in [5.74, 6) is 0.890. The number of rotatable bonds is 2. The maximum Gasteiger partial charge on any atom is 0.243 e. The monoisotopic (exact) mass is 400 g/mol. The number of sulfonamides is 1. The quantitative estimate of drug-likeness (QED) is 0.827. The van der Waals surface area contributed by atoms with E-state index in [0.29, 0.717) is 34.4 Å². The maximum atomic E-state index is 12.6. The number of fused-ring (bicyclic) bond motifs is 1. The Balaban J connectivity index is 0.00000147. The van der Waals surface area contributed by atoms with Gasteiger partial charge in [0.15, 0.2) is 0 Å². The topological polar surface area (TPSA) is 49.4 Å². The summed E-state index contributed by atoms with van der Waals surface area (Å²) in [6, 6.07) is 4.78. The summed E-state index contributed by atoms with van der Waals surface area (Å²) in [5.41, 5.74) is 0. The van der Waals surface area contributed by atoms with Gasteiger partial charge in [0.2, 0.25) is 10.0 Å². The molecule has 0 aliphatic carbocycles. The van der Waals surface area contributed by atoms with Crippen LogP contribution in [0.15, 0.2) is 27.6 Å². The van der Waals surface area contributed by atoms with Crippen LogP contribution < -0.4 is 5.32 Å². The second-order valence-electron chi connectivity index (χ2n) is 5.08. The van der Waals surface area contributed by atoms with Crippen LogP contribution >= 0.6 is 39.9 Å². The third-order valence-corrected chi connectivity index (χ3v) is 6.94. The summed E-state index contributed by atoms with van der Waals surface area (Å²) in [4.78, 5) is 0.272. The Bertz CT molecular complexity index is 599. The highest BCUT2D eigenvalue weighted by Crippen LogP contribution is 2.32. The Labute approximate surface area is 138 Å². The zero-order chi connectivity index (χ0) is 13.6. The van der Waals surface area contributed by atoms with Crippen molar-refractivity contribution in [1.82, 2.24) is 9.62 Å². The number of benzene rings is 1. The average molecular weight is 402 g/mol. The summed E-state index contributed by atoms with van der Waals surface area (Å²) < 4.78 is 27.4. The van der Waals surface area contributed by atoms with Gasteiger partial charge in [0, 0.05) is 17.6 Å². The van der Waals surface area contributed by atoms with Crippen molar-refractivity contribution in [3.05, 3.63) is 27.7 Å². The van der Waals surface area contributed by atoms with Gasteiger partial charge in [-0.1, -0.05) is 11.6 Å². The van der Waals surface area contributed by atoms with Gasteiger partial charge in [0.05, 0.1) is 9.92 Å². The Morgan fingerprint density at radius 1 is 1.25 bits per heavy atom. The predicted molar refractivity (Wildman–Crippen MR) is 85.0 cm³/mol. The van der Waals surface area contributed by atoms with Crippen molar-refractivity contribution in [3.63, 3.8) is 0 Å². The molecular formula is C12H15BrCl2N2O2S. The molecular weight excluding hydrogens is 387 g/mol. The van der Waals surface area contributed by atoms with E-state index >= 15 is 0 Å². The molecule has 1 aromatic carbocycles. The Morgan fingerprint density at radius 2 is 1.85 bits per heavy atom. The molecule has 4 nitrogen and oxygen atoms in total. The summed E-state index contributed by atoms with van der Waals surface area (Å²) in [5, 5.41) is 3.72.